The summed E-state index contributed by atoms with van der Waals surface area (Å²) < 4.78 is 0. The van der Waals surface area contributed by atoms with E-state index in [-0.39, 0.29) is 13.2 Å². The molecule has 4 fully saturated rings. The first-order valence-corrected chi connectivity index (χ1v) is 17.0. The van der Waals surface area contributed by atoms with Crippen LogP contribution in [-0.4, -0.2) is 95.9 Å². The lowest BCUT2D eigenvalue weighted by atomic mass is 10.00. The molecule has 236 valence electrons. The van der Waals surface area contributed by atoms with Gasteiger partial charge in [-0.2, -0.15) is 0 Å². The van der Waals surface area contributed by atoms with Gasteiger partial charge in [0.25, 0.3) is 11.8 Å². The molecule has 6 rings (SSSR count). The molecule has 0 aromatic heterocycles. The quantitative estimate of drug-likeness (QED) is 0.402. The zero-order chi connectivity index (χ0) is 30.2. The Labute approximate surface area is 261 Å². The van der Waals surface area contributed by atoms with Crippen LogP contribution in [0.5, 0.6) is 0 Å². The molecular weight excluding hydrogens is 534 g/mol. The maximum Gasteiger partial charge on any atom is 0.255 e. The first-order valence-electron chi connectivity index (χ1n) is 17.0. The topological polar surface area (TPSA) is 59.1 Å². The third-order valence-electron chi connectivity index (χ3n) is 9.64. The van der Waals surface area contributed by atoms with Gasteiger partial charge in [0.05, 0.1) is 11.3 Å². The van der Waals surface area contributed by atoms with Crippen LogP contribution >= 0.6 is 0 Å². The molecule has 0 radical (unpaired) electrons. The Morgan fingerprint density at radius 2 is 1.16 bits per heavy atom. The summed E-state index contributed by atoms with van der Waals surface area (Å²) in [5, 5.41) is 3.48. The number of rotatable bonds is 6. The van der Waals surface area contributed by atoms with Gasteiger partial charge in [-0.3, -0.25) is 9.59 Å². The first-order chi connectivity index (χ1) is 21.0. The van der Waals surface area contributed by atoms with E-state index < -0.39 is 0 Å². The lowest BCUT2D eigenvalue weighted by molar-refractivity contribution is 0.0633. The van der Waals surface area contributed by atoms with E-state index in [4.69, 9.17) is 0 Å². The van der Waals surface area contributed by atoms with Crippen LogP contribution in [0.2, 0.25) is 0 Å². The fraction of sp³-hybridized carbons (Fsp3) is 0.611. The van der Waals surface area contributed by atoms with Crippen LogP contribution in [0.3, 0.4) is 0 Å². The molecule has 2 aromatic rings. The second-order valence-corrected chi connectivity index (χ2v) is 13.0. The van der Waals surface area contributed by atoms with Crippen molar-refractivity contribution in [1.29, 1.82) is 0 Å². The van der Waals surface area contributed by atoms with Crippen molar-refractivity contribution in [2.45, 2.75) is 90.6 Å². The largest absolute Gasteiger partial charge is 0.355 e. The number of anilines is 2. The molecule has 2 aromatic carbocycles. The Morgan fingerprint density at radius 3 is 1.65 bits per heavy atom. The van der Waals surface area contributed by atoms with E-state index in [1.165, 1.54) is 63.8 Å². The molecule has 7 heteroatoms. The van der Waals surface area contributed by atoms with Crippen molar-refractivity contribution in [3.05, 3.63) is 59.2 Å². The summed E-state index contributed by atoms with van der Waals surface area (Å²) in [4.78, 5) is 36.6. The highest BCUT2D eigenvalue weighted by Gasteiger charge is 2.31. The van der Waals surface area contributed by atoms with Gasteiger partial charge >= 0.3 is 0 Å². The molecule has 0 unspecified atom stereocenters. The molecule has 2 amide bonds. The molecule has 43 heavy (non-hydrogen) atoms. The third-order valence-corrected chi connectivity index (χ3v) is 9.64. The summed E-state index contributed by atoms with van der Waals surface area (Å²) in [5.74, 6) is 0.122. The molecule has 0 atom stereocenters. The van der Waals surface area contributed by atoms with Crippen molar-refractivity contribution in [3.63, 3.8) is 0 Å². The summed E-state index contributed by atoms with van der Waals surface area (Å²) in [7, 11) is 0. The fourth-order valence-corrected chi connectivity index (χ4v) is 7.19. The van der Waals surface area contributed by atoms with Crippen LogP contribution in [0.4, 0.5) is 11.4 Å². The Bertz CT molecular complexity index is 1190. The number of hydrogen-bond acceptors (Lipinski definition) is 5. The van der Waals surface area contributed by atoms with Gasteiger partial charge in [0.15, 0.2) is 0 Å². The van der Waals surface area contributed by atoms with Gasteiger partial charge in [0.2, 0.25) is 0 Å². The number of piperidine rings is 2. The first kappa shape index (κ1) is 31.5. The van der Waals surface area contributed by atoms with Gasteiger partial charge in [0, 0.05) is 50.9 Å². The van der Waals surface area contributed by atoms with Crippen LogP contribution in [0.1, 0.15) is 99.3 Å². The number of likely N-dealkylation sites (tertiary alicyclic amines) is 4. The van der Waals surface area contributed by atoms with Gasteiger partial charge in [-0.05, 0) is 115 Å². The monoisotopic (exact) mass is 589 g/mol. The van der Waals surface area contributed by atoms with E-state index in [0.29, 0.717) is 28.9 Å². The average molecular weight is 590 g/mol. The standard InChI is InChI=1S/C33H45N5O2.C3H8.H2/c1-25-6-9-27(10-7-25)34-31-24-26(32(39)37-20-12-28(13-21-37)35-16-2-3-17-35)8-11-30(31)33(40)38-22-14-29(15-23-38)36-18-4-5-19-36;1-3-2;/h6-11,24,28-29,34H,2-5,12-23H2,1H3;3H2,1-2H3;1H. The van der Waals surface area contributed by atoms with E-state index in [9.17, 15) is 9.59 Å². The lowest BCUT2D eigenvalue weighted by Gasteiger charge is -2.37. The molecule has 4 heterocycles. The molecule has 7 nitrogen and oxygen atoms in total. The number of carbonyl (C=O) groups is 2. The van der Waals surface area contributed by atoms with E-state index in [1.807, 2.05) is 40.1 Å². The second-order valence-electron chi connectivity index (χ2n) is 13.0. The van der Waals surface area contributed by atoms with Crippen LogP contribution in [0.15, 0.2) is 42.5 Å². The summed E-state index contributed by atoms with van der Waals surface area (Å²) in [6.07, 6.45) is 10.6. The van der Waals surface area contributed by atoms with Gasteiger partial charge in [-0.1, -0.05) is 38.0 Å². The number of amides is 2. The third kappa shape index (κ3) is 7.98. The van der Waals surface area contributed by atoms with Crippen LogP contribution in [-0.2, 0) is 0 Å². The van der Waals surface area contributed by atoms with Gasteiger partial charge in [0.1, 0.15) is 0 Å². The highest BCUT2D eigenvalue weighted by molar-refractivity contribution is 6.03. The molecule has 0 spiro atoms. The Balaban J connectivity index is 0.00000106. The molecule has 0 saturated carbocycles. The number of aryl methyl sites for hydroxylation is 1. The molecule has 4 aliphatic rings. The number of carbonyl (C=O) groups excluding carboxylic acids is 2. The van der Waals surface area contributed by atoms with Crippen molar-refractivity contribution in [2.75, 3.05) is 57.7 Å². The Kier molecular flexibility index (Phi) is 11.1. The maximum atomic E-state index is 13.8. The van der Waals surface area contributed by atoms with E-state index in [0.717, 1.165) is 57.5 Å². The zero-order valence-electron chi connectivity index (χ0n) is 26.8. The fourth-order valence-electron chi connectivity index (χ4n) is 7.19. The number of hydrogen-bond donors (Lipinski definition) is 1. The lowest BCUT2D eigenvalue weighted by Crippen LogP contribution is -2.46. The summed E-state index contributed by atoms with van der Waals surface area (Å²) in [6.45, 7) is 14.3. The predicted octanol–water partition coefficient (Wildman–Crippen LogP) is 6.80. The molecule has 1 N–H and O–H groups in total. The minimum absolute atomic E-state index is 0. The number of benzene rings is 2. The molecule has 4 aliphatic heterocycles. The second kappa shape index (κ2) is 15.2. The molecule has 0 bridgehead atoms. The smallest absolute Gasteiger partial charge is 0.255 e. The molecular formula is C36H55N5O2. The van der Waals surface area contributed by atoms with E-state index in [2.05, 4.69) is 48.0 Å². The van der Waals surface area contributed by atoms with Crippen molar-refractivity contribution >= 4 is 23.2 Å². The van der Waals surface area contributed by atoms with Crippen molar-refractivity contribution in [2.24, 2.45) is 0 Å². The Hall–Kier alpha value is -2.90. The highest BCUT2D eigenvalue weighted by atomic mass is 16.2. The highest BCUT2D eigenvalue weighted by Crippen LogP contribution is 2.29. The summed E-state index contributed by atoms with van der Waals surface area (Å²) in [6, 6.07) is 15.0. The molecule has 0 aliphatic carbocycles. The number of nitrogens with one attached hydrogen (secondary N) is 1. The minimum atomic E-state index is 0. The van der Waals surface area contributed by atoms with E-state index >= 15 is 0 Å². The molecule has 4 saturated heterocycles. The van der Waals surface area contributed by atoms with Crippen LogP contribution < -0.4 is 5.32 Å². The van der Waals surface area contributed by atoms with E-state index in [1.54, 1.807) is 0 Å². The number of nitrogens with zero attached hydrogens (tertiary/aromatic N) is 4. The van der Waals surface area contributed by atoms with Gasteiger partial charge in [-0.25, -0.2) is 0 Å². The minimum Gasteiger partial charge on any atom is -0.355 e. The van der Waals surface area contributed by atoms with Gasteiger partial charge in [-0.15, -0.1) is 0 Å². The van der Waals surface area contributed by atoms with Crippen LogP contribution in [0.25, 0.3) is 0 Å². The van der Waals surface area contributed by atoms with Crippen molar-refractivity contribution in [1.82, 2.24) is 19.6 Å². The SMILES string of the molecule is CCC.Cc1ccc(Nc2cc(C(=O)N3CCC(N4CCCC4)CC3)ccc2C(=O)N2CCC(N3CCCC3)CC2)cc1.[HH]. The maximum absolute atomic E-state index is 13.8. The summed E-state index contributed by atoms with van der Waals surface area (Å²) in [5.41, 5.74) is 4.11. The summed E-state index contributed by atoms with van der Waals surface area (Å²) >= 11 is 0. The normalized spacial score (nSPS) is 20.6. The van der Waals surface area contributed by atoms with Crippen molar-refractivity contribution < 1.29 is 11.0 Å². The van der Waals surface area contributed by atoms with Crippen LogP contribution in [0, 0.1) is 6.92 Å². The Morgan fingerprint density at radius 1 is 0.698 bits per heavy atom. The average Bonchev–Trinajstić information content (AvgIpc) is 3.78. The van der Waals surface area contributed by atoms with Gasteiger partial charge < -0.3 is 24.9 Å². The predicted molar refractivity (Wildman–Crippen MR) is 178 cm³/mol. The van der Waals surface area contributed by atoms with Crippen molar-refractivity contribution in [3.8, 4) is 0 Å². The zero-order valence-corrected chi connectivity index (χ0v) is 26.8.